The molecule has 3 heteroatoms. The molecule has 3 nitrogen and oxygen atoms in total. The van der Waals surface area contributed by atoms with Gasteiger partial charge in [-0.25, -0.2) is 0 Å². The quantitative estimate of drug-likeness (QED) is 0.822. The van der Waals surface area contributed by atoms with Gasteiger partial charge >= 0.3 is 0 Å². The molecule has 2 aliphatic heterocycles. The molecule has 3 rings (SSSR count). The van der Waals surface area contributed by atoms with E-state index in [2.05, 4.69) is 61.0 Å². The molecular formula is C21H34N2O. The van der Waals surface area contributed by atoms with Gasteiger partial charge in [0.25, 0.3) is 0 Å². The lowest BCUT2D eigenvalue weighted by molar-refractivity contribution is -0.109. The Morgan fingerprint density at radius 1 is 1.04 bits per heavy atom. The lowest BCUT2D eigenvalue weighted by Gasteiger charge is -2.46. The Balaban J connectivity index is 1.67. The molecule has 0 saturated carbocycles. The third-order valence-electron chi connectivity index (χ3n) is 5.90. The maximum Gasteiger partial charge on any atom is 0.0631 e. The van der Waals surface area contributed by atoms with Crippen molar-refractivity contribution in [3.63, 3.8) is 0 Å². The SMILES string of the molecule is CN1CCN(CCC2(Cc3ccccc3)CCOC(C)(C)C2)CC1. The summed E-state index contributed by atoms with van der Waals surface area (Å²) in [4.78, 5) is 5.10. The normalized spacial score (nSPS) is 28.8. The van der Waals surface area contributed by atoms with E-state index in [1.54, 1.807) is 0 Å². The number of ether oxygens (including phenoxy) is 1. The molecule has 134 valence electrons. The molecule has 0 bridgehead atoms. The fourth-order valence-corrected chi connectivity index (χ4v) is 4.53. The predicted molar refractivity (Wildman–Crippen MR) is 100 cm³/mol. The van der Waals surface area contributed by atoms with Gasteiger partial charge in [-0.05, 0) is 64.1 Å². The molecule has 0 N–H and O–H groups in total. The summed E-state index contributed by atoms with van der Waals surface area (Å²) in [5.41, 5.74) is 1.87. The first-order valence-corrected chi connectivity index (χ1v) is 9.55. The van der Waals surface area contributed by atoms with Crippen LogP contribution in [0.2, 0.25) is 0 Å². The lowest BCUT2D eigenvalue weighted by Crippen LogP contribution is -2.48. The molecule has 0 spiro atoms. The fourth-order valence-electron chi connectivity index (χ4n) is 4.53. The number of piperazine rings is 1. The molecule has 1 aromatic rings. The average Bonchev–Trinajstić information content (AvgIpc) is 2.54. The Kier molecular flexibility index (Phi) is 5.63. The molecule has 0 aliphatic carbocycles. The van der Waals surface area contributed by atoms with Crippen molar-refractivity contribution in [3.05, 3.63) is 35.9 Å². The number of rotatable bonds is 5. The number of hydrogen-bond donors (Lipinski definition) is 0. The third kappa shape index (κ3) is 4.81. The first-order valence-electron chi connectivity index (χ1n) is 9.55. The molecule has 2 aliphatic rings. The highest BCUT2D eigenvalue weighted by molar-refractivity contribution is 5.17. The van der Waals surface area contributed by atoms with Crippen molar-refractivity contribution in [3.8, 4) is 0 Å². The van der Waals surface area contributed by atoms with Crippen LogP contribution < -0.4 is 0 Å². The van der Waals surface area contributed by atoms with Crippen molar-refractivity contribution in [1.29, 1.82) is 0 Å². The van der Waals surface area contributed by atoms with Crippen LogP contribution in [0.5, 0.6) is 0 Å². The van der Waals surface area contributed by atoms with Crippen molar-refractivity contribution in [1.82, 2.24) is 9.80 Å². The van der Waals surface area contributed by atoms with Gasteiger partial charge in [0.1, 0.15) is 0 Å². The van der Waals surface area contributed by atoms with Crippen LogP contribution in [-0.4, -0.2) is 61.8 Å². The zero-order valence-corrected chi connectivity index (χ0v) is 15.8. The summed E-state index contributed by atoms with van der Waals surface area (Å²) in [6, 6.07) is 11.1. The maximum absolute atomic E-state index is 6.04. The van der Waals surface area contributed by atoms with Crippen LogP contribution in [0.1, 0.15) is 38.7 Å². The van der Waals surface area contributed by atoms with Gasteiger partial charge in [-0.2, -0.15) is 0 Å². The summed E-state index contributed by atoms with van der Waals surface area (Å²) in [7, 11) is 2.23. The van der Waals surface area contributed by atoms with Gasteiger partial charge in [0, 0.05) is 32.8 Å². The van der Waals surface area contributed by atoms with Crippen LogP contribution in [-0.2, 0) is 11.2 Å². The summed E-state index contributed by atoms with van der Waals surface area (Å²) in [6.07, 6.45) is 4.84. The van der Waals surface area contributed by atoms with E-state index in [0.717, 1.165) is 6.61 Å². The Labute approximate surface area is 148 Å². The minimum atomic E-state index is 0.00907. The summed E-state index contributed by atoms with van der Waals surface area (Å²) < 4.78 is 6.04. The Hall–Kier alpha value is -0.900. The molecular weight excluding hydrogens is 296 g/mol. The average molecular weight is 331 g/mol. The van der Waals surface area contributed by atoms with Crippen molar-refractivity contribution in [2.45, 2.75) is 45.1 Å². The molecule has 0 radical (unpaired) electrons. The summed E-state index contributed by atoms with van der Waals surface area (Å²) in [5.74, 6) is 0. The molecule has 2 fully saturated rings. The van der Waals surface area contributed by atoms with Crippen LogP contribution in [0.3, 0.4) is 0 Å². The smallest absolute Gasteiger partial charge is 0.0631 e. The second-order valence-electron chi connectivity index (χ2n) is 8.59. The second kappa shape index (κ2) is 7.55. The van der Waals surface area contributed by atoms with E-state index < -0.39 is 0 Å². The minimum Gasteiger partial charge on any atom is -0.376 e. The summed E-state index contributed by atoms with van der Waals surface area (Å²) in [6.45, 7) is 11.5. The molecule has 1 atom stereocenters. The maximum atomic E-state index is 6.04. The lowest BCUT2D eigenvalue weighted by atomic mass is 9.68. The molecule has 2 heterocycles. The van der Waals surface area contributed by atoms with Crippen LogP contribution >= 0.6 is 0 Å². The topological polar surface area (TPSA) is 15.7 Å². The van der Waals surface area contributed by atoms with Gasteiger partial charge in [-0.15, -0.1) is 0 Å². The van der Waals surface area contributed by atoms with Gasteiger partial charge in [-0.3, -0.25) is 0 Å². The number of nitrogens with zero attached hydrogens (tertiary/aromatic N) is 2. The highest BCUT2D eigenvalue weighted by Gasteiger charge is 2.40. The van der Waals surface area contributed by atoms with E-state index >= 15 is 0 Å². The van der Waals surface area contributed by atoms with Gasteiger partial charge in [0.05, 0.1) is 5.60 Å². The van der Waals surface area contributed by atoms with Gasteiger partial charge in [0.2, 0.25) is 0 Å². The van der Waals surface area contributed by atoms with Crippen molar-refractivity contribution >= 4 is 0 Å². The van der Waals surface area contributed by atoms with Crippen LogP contribution in [0, 0.1) is 5.41 Å². The van der Waals surface area contributed by atoms with Crippen molar-refractivity contribution in [2.24, 2.45) is 5.41 Å². The molecule has 1 aromatic carbocycles. The van der Waals surface area contributed by atoms with E-state index in [4.69, 9.17) is 4.74 Å². The minimum absolute atomic E-state index is 0.00907. The van der Waals surface area contributed by atoms with Crippen LogP contribution in [0.25, 0.3) is 0 Å². The largest absolute Gasteiger partial charge is 0.376 e. The Morgan fingerprint density at radius 2 is 1.75 bits per heavy atom. The van der Waals surface area contributed by atoms with E-state index in [9.17, 15) is 0 Å². The van der Waals surface area contributed by atoms with Crippen molar-refractivity contribution < 1.29 is 4.74 Å². The number of hydrogen-bond acceptors (Lipinski definition) is 3. The zero-order chi connectivity index (χ0) is 17.0. The third-order valence-corrected chi connectivity index (χ3v) is 5.90. The van der Waals surface area contributed by atoms with Crippen molar-refractivity contribution in [2.75, 3.05) is 46.4 Å². The first-order chi connectivity index (χ1) is 11.5. The number of benzene rings is 1. The molecule has 0 amide bonds. The van der Waals surface area contributed by atoms with E-state index in [0.29, 0.717) is 5.41 Å². The standard InChI is InChI=1S/C21H34N2O/c1-20(2)18-21(10-16-24-20,17-19-7-5-4-6-8-19)9-11-23-14-12-22(3)13-15-23/h4-8H,9-18H2,1-3H3. The van der Waals surface area contributed by atoms with Gasteiger partial charge in [-0.1, -0.05) is 30.3 Å². The highest BCUT2D eigenvalue weighted by Crippen LogP contribution is 2.44. The van der Waals surface area contributed by atoms with E-state index in [-0.39, 0.29) is 5.60 Å². The Bertz CT molecular complexity index is 508. The molecule has 2 saturated heterocycles. The first kappa shape index (κ1) is 17.9. The molecule has 1 unspecified atom stereocenters. The molecule has 0 aromatic heterocycles. The number of likely N-dealkylation sites (N-methyl/N-ethyl adjacent to an activating group) is 1. The van der Waals surface area contributed by atoms with Crippen LogP contribution in [0.15, 0.2) is 30.3 Å². The summed E-state index contributed by atoms with van der Waals surface area (Å²) >= 11 is 0. The second-order valence-corrected chi connectivity index (χ2v) is 8.59. The van der Waals surface area contributed by atoms with Gasteiger partial charge < -0.3 is 14.5 Å². The monoisotopic (exact) mass is 330 g/mol. The predicted octanol–water partition coefficient (Wildman–Crippen LogP) is 3.44. The Morgan fingerprint density at radius 3 is 2.42 bits per heavy atom. The fraction of sp³-hybridized carbons (Fsp3) is 0.714. The highest BCUT2D eigenvalue weighted by atomic mass is 16.5. The van der Waals surface area contributed by atoms with Crippen LogP contribution in [0.4, 0.5) is 0 Å². The van der Waals surface area contributed by atoms with E-state index in [1.807, 2.05) is 0 Å². The summed E-state index contributed by atoms with van der Waals surface area (Å²) in [5, 5.41) is 0. The zero-order valence-electron chi connectivity index (χ0n) is 15.8. The van der Waals surface area contributed by atoms with E-state index in [1.165, 1.54) is 64.0 Å². The van der Waals surface area contributed by atoms with Gasteiger partial charge in [0.15, 0.2) is 0 Å². The molecule has 24 heavy (non-hydrogen) atoms.